The van der Waals surface area contributed by atoms with Crippen LogP contribution in [0.15, 0.2) is 24.3 Å². The third kappa shape index (κ3) is 5.13. The lowest BCUT2D eigenvalue weighted by molar-refractivity contribution is -0.126. The van der Waals surface area contributed by atoms with E-state index in [0.717, 1.165) is 0 Å². The van der Waals surface area contributed by atoms with Crippen molar-refractivity contribution in [3.05, 3.63) is 29.3 Å². The summed E-state index contributed by atoms with van der Waals surface area (Å²) in [6.07, 6.45) is -1.30. The van der Waals surface area contributed by atoms with Gasteiger partial charge < -0.3 is 21.5 Å². The van der Waals surface area contributed by atoms with Crippen molar-refractivity contribution in [1.29, 1.82) is 0 Å². The second-order valence-electron chi connectivity index (χ2n) is 3.60. The molecule has 0 radical (unpaired) electrons. The van der Waals surface area contributed by atoms with Crippen LogP contribution in [0, 0.1) is 0 Å². The molecule has 0 bridgehead atoms. The monoisotopic (exact) mass is 271 g/mol. The standard InChI is InChI=1S/C11H14ClN3O3/c12-7-1-3-8(4-2-7)15-10(17)6-14-5-9(16)11(13)18/h1-4,9,14,16H,5-6H2,(H2,13,18)(H,15,17). The topological polar surface area (TPSA) is 104 Å². The van der Waals surface area contributed by atoms with Gasteiger partial charge in [0.2, 0.25) is 11.8 Å². The minimum Gasteiger partial charge on any atom is -0.382 e. The molecule has 0 aromatic heterocycles. The average molecular weight is 272 g/mol. The predicted molar refractivity (Wildman–Crippen MR) is 68.2 cm³/mol. The Morgan fingerprint density at radius 2 is 1.94 bits per heavy atom. The molecule has 0 spiro atoms. The molecule has 5 N–H and O–H groups in total. The Bertz CT molecular complexity index is 422. The number of amides is 2. The molecule has 0 aliphatic carbocycles. The number of carbonyl (C=O) groups is 2. The Balaban J connectivity index is 2.30. The van der Waals surface area contributed by atoms with E-state index in [1.807, 2.05) is 0 Å². The molecule has 0 saturated heterocycles. The van der Waals surface area contributed by atoms with Crippen molar-refractivity contribution < 1.29 is 14.7 Å². The lowest BCUT2D eigenvalue weighted by Crippen LogP contribution is -2.40. The van der Waals surface area contributed by atoms with E-state index in [4.69, 9.17) is 22.4 Å². The number of anilines is 1. The van der Waals surface area contributed by atoms with Crippen molar-refractivity contribution in [2.24, 2.45) is 5.73 Å². The molecule has 0 heterocycles. The number of hydrogen-bond acceptors (Lipinski definition) is 4. The maximum atomic E-state index is 11.4. The van der Waals surface area contributed by atoms with E-state index in [-0.39, 0.29) is 19.0 Å². The van der Waals surface area contributed by atoms with E-state index in [2.05, 4.69) is 10.6 Å². The first-order valence-corrected chi connectivity index (χ1v) is 5.60. The molecule has 0 aliphatic heterocycles. The Hall–Kier alpha value is -1.63. The molecule has 1 atom stereocenters. The second kappa shape index (κ2) is 6.95. The first-order chi connectivity index (χ1) is 8.49. The summed E-state index contributed by atoms with van der Waals surface area (Å²) in [6, 6.07) is 6.64. The van der Waals surface area contributed by atoms with Gasteiger partial charge in [-0.1, -0.05) is 11.6 Å². The zero-order valence-electron chi connectivity index (χ0n) is 9.52. The summed E-state index contributed by atoms with van der Waals surface area (Å²) >= 11 is 5.70. The molecule has 0 aliphatic rings. The summed E-state index contributed by atoms with van der Waals surface area (Å²) < 4.78 is 0. The summed E-state index contributed by atoms with van der Waals surface area (Å²) in [5, 5.41) is 14.9. The van der Waals surface area contributed by atoms with Crippen molar-refractivity contribution in [1.82, 2.24) is 5.32 Å². The number of nitrogens with two attached hydrogens (primary N) is 1. The SMILES string of the molecule is NC(=O)C(O)CNCC(=O)Nc1ccc(Cl)cc1. The molecular formula is C11H14ClN3O3. The van der Waals surface area contributed by atoms with Gasteiger partial charge in [-0.15, -0.1) is 0 Å². The maximum Gasteiger partial charge on any atom is 0.247 e. The van der Waals surface area contributed by atoms with Gasteiger partial charge in [0.1, 0.15) is 6.10 Å². The summed E-state index contributed by atoms with van der Waals surface area (Å²) in [4.78, 5) is 22.0. The Morgan fingerprint density at radius 3 is 2.50 bits per heavy atom. The summed E-state index contributed by atoms with van der Waals surface area (Å²) in [5.74, 6) is -1.13. The molecule has 2 amide bonds. The van der Waals surface area contributed by atoms with Gasteiger partial charge in [0, 0.05) is 17.3 Å². The molecule has 1 rings (SSSR count). The smallest absolute Gasteiger partial charge is 0.247 e. The van der Waals surface area contributed by atoms with E-state index < -0.39 is 12.0 Å². The number of carbonyl (C=O) groups excluding carboxylic acids is 2. The lowest BCUT2D eigenvalue weighted by Gasteiger charge is -2.09. The molecular weight excluding hydrogens is 258 g/mol. The van der Waals surface area contributed by atoms with Gasteiger partial charge in [-0.25, -0.2) is 0 Å². The van der Waals surface area contributed by atoms with Crippen LogP contribution in [0.1, 0.15) is 0 Å². The highest BCUT2D eigenvalue weighted by atomic mass is 35.5. The zero-order chi connectivity index (χ0) is 13.5. The number of aliphatic hydroxyl groups excluding tert-OH is 1. The van der Waals surface area contributed by atoms with Gasteiger partial charge >= 0.3 is 0 Å². The number of halogens is 1. The van der Waals surface area contributed by atoms with Crippen LogP contribution in [0.2, 0.25) is 5.02 Å². The molecule has 7 heteroatoms. The fourth-order valence-corrected chi connectivity index (χ4v) is 1.29. The Kier molecular flexibility index (Phi) is 5.57. The van der Waals surface area contributed by atoms with Crippen LogP contribution in [-0.2, 0) is 9.59 Å². The number of nitrogens with one attached hydrogen (secondary N) is 2. The highest BCUT2D eigenvalue weighted by Crippen LogP contribution is 2.12. The first kappa shape index (κ1) is 14.4. The number of primary amides is 1. The highest BCUT2D eigenvalue weighted by molar-refractivity contribution is 6.30. The fraction of sp³-hybridized carbons (Fsp3) is 0.273. The molecule has 0 fully saturated rings. The average Bonchev–Trinajstić information content (AvgIpc) is 2.32. The third-order valence-corrected chi connectivity index (χ3v) is 2.33. The minimum absolute atomic E-state index is 0.0348. The molecule has 18 heavy (non-hydrogen) atoms. The van der Waals surface area contributed by atoms with Gasteiger partial charge in [0.15, 0.2) is 0 Å². The van der Waals surface area contributed by atoms with Crippen LogP contribution in [0.4, 0.5) is 5.69 Å². The number of aliphatic hydroxyl groups is 1. The van der Waals surface area contributed by atoms with Crippen LogP contribution >= 0.6 is 11.6 Å². The normalized spacial score (nSPS) is 11.9. The molecule has 1 unspecified atom stereocenters. The molecule has 0 saturated carbocycles. The fourth-order valence-electron chi connectivity index (χ4n) is 1.16. The Morgan fingerprint density at radius 1 is 1.33 bits per heavy atom. The zero-order valence-corrected chi connectivity index (χ0v) is 10.3. The minimum atomic E-state index is -1.30. The van der Waals surface area contributed by atoms with Crippen LogP contribution in [0.3, 0.4) is 0 Å². The summed E-state index contributed by atoms with van der Waals surface area (Å²) in [7, 11) is 0. The van der Waals surface area contributed by atoms with Crippen LogP contribution in [0.5, 0.6) is 0 Å². The van der Waals surface area contributed by atoms with Crippen molar-refractivity contribution in [3.63, 3.8) is 0 Å². The van der Waals surface area contributed by atoms with Gasteiger partial charge in [-0.2, -0.15) is 0 Å². The largest absolute Gasteiger partial charge is 0.382 e. The Labute approximate surface area is 109 Å². The van der Waals surface area contributed by atoms with E-state index >= 15 is 0 Å². The molecule has 1 aromatic carbocycles. The summed E-state index contributed by atoms with van der Waals surface area (Å²) in [6.45, 7) is -0.101. The number of hydrogen-bond donors (Lipinski definition) is 4. The highest BCUT2D eigenvalue weighted by Gasteiger charge is 2.10. The van der Waals surface area contributed by atoms with Gasteiger partial charge in [0.25, 0.3) is 0 Å². The number of rotatable bonds is 6. The van der Waals surface area contributed by atoms with Crippen LogP contribution < -0.4 is 16.4 Å². The molecule has 6 nitrogen and oxygen atoms in total. The quantitative estimate of drug-likeness (QED) is 0.571. The van der Waals surface area contributed by atoms with Crippen LogP contribution in [0.25, 0.3) is 0 Å². The predicted octanol–water partition coefficient (Wildman–Crippen LogP) is -0.286. The summed E-state index contributed by atoms with van der Waals surface area (Å²) in [5.41, 5.74) is 5.46. The molecule has 1 aromatic rings. The molecule has 98 valence electrons. The van der Waals surface area contributed by atoms with Gasteiger partial charge in [-0.3, -0.25) is 9.59 Å². The third-order valence-electron chi connectivity index (χ3n) is 2.08. The number of benzene rings is 1. The lowest BCUT2D eigenvalue weighted by atomic mass is 10.3. The van der Waals surface area contributed by atoms with Crippen molar-refractivity contribution >= 4 is 29.1 Å². The van der Waals surface area contributed by atoms with Crippen molar-refractivity contribution in [2.45, 2.75) is 6.10 Å². The van der Waals surface area contributed by atoms with E-state index in [1.165, 1.54) is 0 Å². The van der Waals surface area contributed by atoms with Gasteiger partial charge in [0.05, 0.1) is 6.54 Å². The second-order valence-corrected chi connectivity index (χ2v) is 4.04. The maximum absolute atomic E-state index is 11.4. The van der Waals surface area contributed by atoms with E-state index in [9.17, 15) is 9.59 Å². The first-order valence-electron chi connectivity index (χ1n) is 5.22. The van der Waals surface area contributed by atoms with Crippen LogP contribution in [-0.4, -0.2) is 36.1 Å². The van der Waals surface area contributed by atoms with E-state index in [0.29, 0.717) is 10.7 Å². The van der Waals surface area contributed by atoms with Gasteiger partial charge in [-0.05, 0) is 24.3 Å². The van der Waals surface area contributed by atoms with E-state index in [1.54, 1.807) is 24.3 Å². The van der Waals surface area contributed by atoms with Crippen molar-refractivity contribution in [3.8, 4) is 0 Å². The van der Waals surface area contributed by atoms with Crippen molar-refractivity contribution in [2.75, 3.05) is 18.4 Å².